The molecule has 1 atom stereocenters. The fourth-order valence-corrected chi connectivity index (χ4v) is 2.19. The highest BCUT2D eigenvalue weighted by Gasteiger charge is 2.23. The second-order valence-corrected chi connectivity index (χ2v) is 5.46. The fourth-order valence-electron chi connectivity index (χ4n) is 2.19. The number of aliphatic carboxylic acids is 1. The number of hydrogen-bond acceptors (Lipinski definition) is 3. The molecule has 0 radical (unpaired) electrons. The SMILES string of the molecule is Cc1cccn2cc(CC(=O)NC(C(=O)O)C(C)C)nc12. The molecular weight excluding hydrogens is 270 g/mol. The Labute approximate surface area is 122 Å². The summed E-state index contributed by atoms with van der Waals surface area (Å²) in [7, 11) is 0. The number of carbonyl (C=O) groups is 2. The van der Waals surface area contributed by atoms with E-state index in [9.17, 15) is 9.59 Å². The van der Waals surface area contributed by atoms with Crippen LogP contribution in [0.15, 0.2) is 24.5 Å². The molecule has 2 heterocycles. The number of amides is 1. The molecule has 6 nitrogen and oxygen atoms in total. The Morgan fingerprint density at radius 1 is 1.43 bits per heavy atom. The maximum Gasteiger partial charge on any atom is 0.326 e. The summed E-state index contributed by atoms with van der Waals surface area (Å²) in [5, 5.41) is 11.6. The van der Waals surface area contributed by atoms with Gasteiger partial charge in [-0.3, -0.25) is 4.79 Å². The van der Waals surface area contributed by atoms with E-state index < -0.39 is 12.0 Å². The zero-order valence-corrected chi connectivity index (χ0v) is 12.3. The first-order chi connectivity index (χ1) is 9.88. The molecule has 0 aliphatic carbocycles. The normalized spacial score (nSPS) is 12.6. The molecule has 2 rings (SSSR count). The third-order valence-corrected chi connectivity index (χ3v) is 3.32. The van der Waals surface area contributed by atoms with Crippen molar-refractivity contribution in [1.29, 1.82) is 0 Å². The standard InChI is InChI=1S/C15H19N3O3/c1-9(2)13(15(20)21)17-12(19)7-11-8-18-6-4-5-10(3)14(18)16-11/h4-6,8-9,13H,7H2,1-3H3,(H,17,19)(H,20,21). The van der Waals surface area contributed by atoms with Gasteiger partial charge in [0.1, 0.15) is 11.7 Å². The maximum atomic E-state index is 12.0. The van der Waals surface area contributed by atoms with Gasteiger partial charge < -0.3 is 14.8 Å². The van der Waals surface area contributed by atoms with Crippen LogP contribution in [0.3, 0.4) is 0 Å². The van der Waals surface area contributed by atoms with Gasteiger partial charge in [-0.25, -0.2) is 9.78 Å². The molecule has 112 valence electrons. The quantitative estimate of drug-likeness (QED) is 0.871. The molecule has 2 aromatic rings. The number of aryl methyl sites for hydroxylation is 1. The summed E-state index contributed by atoms with van der Waals surface area (Å²) in [6.07, 6.45) is 3.72. The number of pyridine rings is 1. The summed E-state index contributed by atoms with van der Waals surface area (Å²) >= 11 is 0. The van der Waals surface area contributed by atoms with Gasteiger partial charge in [-0.2, -0.15) is 0 Å². The molecule has 0 saturated heterocycles. The van der Waals surface area contributed by atoms with Gasteiger partial charge in [0.15, 0.2) is 0 Å². The van der Waals surface area contributed by atoms with E-state index in [1.807, 2.05) is 29.7 Å². The number of nitrogens with zero attached hydrogens (tertiary/aromatic N) is 2. The third kappa shape index (κ3) is 3.39. The van der Waals surface area contributed by atoms with Gasteiger partial charge in [0, 0.05) is 12.4 Å². The van der Waals surface area contributed by atoms with Crippen LogP contribution in [0.2, 0.25) is 0 Å². The summed E-state index contributed by atoms with van der Waals surface area (Å²) in [4.78, 5) is 27.5. The molecule has 6 heteroatoms. The van der Waals surface area contributed by atoms with Gasteiger partial charge >= 0.3 is 5.97 Å². The van der Waals surface area contributed by atoms with Crippen LogP contribution in [0.4, 0.5) is 0 Å². The van der Waals surface area contributed by atoms with Gasteiger partial charge in [-0.1, -0.05) is 19.9 Å². The van der Waals surface area contributed by atoms with E-state index in [2.05, 4.69) is 10.3 Å². The van der Waals surface area contributed by atoms with Crippen molar-refractivity contribution in [2.24, 2.45) is 5.92 Å². The summed E-state index contributed by atoms with van der Waals surface area (Å²) in [5.74, 6) is -1.53. The lowest BCUT2D eigenvalue weighted by Gasteiger charge is -2.17. The molecule has 0 aliphatic rings. The van der Waals surface area contributed by atoms with Gasteiger partial charge in [0.25, 0.3) is 0 Å². The van der Waals surface area contributed by atoms with Gasteiger partial charge in [-0.15, -0.1) is 0 Å². The highest BCUT2D eigenvalue weighted by atomic mass is 16.4. The number of rotatable bonds is 5. The summed E-state index contributed by atoms with van der Waals surface area (Å²) < 4.78 is 1.86. The molecule has 0 spiro atoms. The Morgan fingerprint density at radius 3 is 2.71 bits per heavy atom. The van der Waals surface area contributed by atoms with Crippen molar-refractivity contribution >= 4 is 17.5 Å². The van der Waals surface area contributed by atoms with E-state index in [1.165, 1.54) is 0 Å². The molecule has 0 saturated carbocycles. The minimum absolute atomic E-state index is 0.0671. The topological polar surface area (TPSA) is 83.7 Å². The minimum atomic E-state index is -1.02. The van der Waals surface area contributed by atoms with Crippen molar-refractivity contribution in [3.05, 3.63) is 35.8 Å². The van der Waals surface area contributed by atoms with Crippen LogP contribution < -0.4 is 5.32 Å². The monoisotopic (exact) mass is 289 g/mol. The van der Waals surface area contributed by atoms with Crippen molar-refractivity contribution in [2.75, 3.05) is 0 Å². The Morgan fingerprint density at radius 2 is 2.14 bits per heavy atom. The molecule has 0 aliphatic heterocycles. The lowest BCUT2D eigenvalue weighted by molar-refractivity contribution is -0.143. The number of fused-ring (bicyclic) bond motifs is 1. The van der Waals surface area contributed by atoms with Crippen LogP contribution in [0.5, 0.6) is 0 Å². The zero-order valence-electron chi connectivity index (χ0n) is 12.3. The third-order valence-electron chi connectivity index (χ3n) is 3.32. The lowest BCUT2D eigenvalue weighted by Crippen LogP contribution is -2.44. The number of hydrogen-bond donors (Lipinski definition) is 2. The molecule has 0 aromatic carbocycles. The molecule has 2 aromatic heterocycles. The van der Waals surface area contributed by atoms with Crippen LogP contribution in [0.25, 0.3) is 5.65 Å². The highest BCUT2D eigenvalue weighted by molar-refractivity contribution is 5.84. The second-order valence-electron chi connectivity index (χ2n) is 5.46. The Kier molecular flexibility index (Phi) is 4.26. The number of carbonyl (C=O) groups excluding carboxylic acids is 1. The average Bonchev–Trinajstić information content (AvgIpc) is 2.79. The fraction of sp³-hybridized carbons (Fsp3) is 0.400. The molecule has 1 unspecified atom stereocenters. The van der Waals surface area contributed by atoms with Crippen molar-refractivity contribution in [3.8, 4) is 0 Å². The van der Waals surface area contributed by atoms with Gasteiger partial charge in [0.2, 0.25) is 5.91 Å². The van der Waals surface area contributed by atoms with Crippen LogP contribution in [-0.4, -0.2) is 32.4 Å². The number of carboxylic acid groups (broad SMARTS) is 1. The number of aromatic nitrogens is 2. The Bertz CT molecular complexity index is 676. The van der Waals surface area contributed by atoms with E-state index in [0.29, 0.717) is 5.69 Å². The Hall–Kier alpha value is -2.37. The summed E-state index contributed by atoms with van der Waals surface area (Å²) in [6.45, 7) is 5.46. The predicted octanol–water partition coefficient (Wildman–Crippen LogP) is 1.41. The van der Waals surface area contributed by atoms with Crippen molar-refractivity contribution in [3.63, 3.8) is 0 Å². The van der Waals surface area contributed by atoms with Crippen LogP contribution in [-0.2, 0) is 16.0 Å². The maximum absolute atomic E-state index is 12.0. The average molecular weight is 289 g/mol. The van der Waals surface area contributed by atoms with Crippen molar-refractivity contribution in [1.82, 2.24) is 14.7 Å². The van der Waals surface area contributed by atoms with E-state index in [0.717, 1.165) is 11.2 Å². The smallest absolute Gasteiger partial charge is 0.326 e. The first kappa shape index (κ1) is 15.0. The molecule has 2 N–H and O–H groups in total. The van der Waals surface area contributed by atoms with Crippen molar-refractivity contribution in [2.45, 2.75) is 33.2 Å². The van der Waals surface area contributed by atoms with Gasteiger partial charge in [0.05, 0.1) is 12.1 Å². The first-order valence-electron chi connectivity index (χ1n) is 6.84. The predicted molar refractivity (Wildman–Crippen MR) is 78.0 cm³/mol. The molecule has 0 bridgehead atoms. The van der Waals surface area contributed by atoms with Crippen LogP contribution in [0.1, 0.15) is 25.1 Å². The van der Waals surface area contributed by atoms with Crippen molar-refractivity contribution < 1.29 is 14.7 Å². The zero-order chi connectivity index (χ0) is 15.6. The second kappa shape index (κ2) is 5.95. The van der Waals surface area contributed by atoms with E-state index in [-0.39, 0.29) is 18.2 Å². The number of imidazole rings is 1. The summed E-state index contributed by atoms with van der Waals surface area (Å²) in [6, 6.07) is 2.98. The van der Waals surface area contributed by atoms with Gasteiger partial charge in [-0.05, 0) is 24.5 Å². The van der Waals surface area contributed by atoms with Crippen LogP contribution >= 0.6 is 0 Å². The molecule has 21 heavy (non-hydrogen) atoms. The number of nitrogens with one attached hydrogen (secondary N) is 1. The highest BCUT2D eigenvalue weighted by Crippen LogP contribution is 2.10. The van der Waals surface area contributed by atoms with E-state index in [4.69, 9.17) is 5.11 Å². The van der Waals surface area contributed by atoms with E-state index in [1.54, 1.807) is 20.0 Å². The lowest BCUT2D eigenvalue weighted by atomic mass is 10.0. The largest absolute Gasteiger partial charge is 0.480 e. The van der Waals surface area contributed by atoms with E-state index >= 15 is 0 Å². The summed E-state index contributed by atoms with van der Waals surface area (Å²) in [5.41, 5.74) is 2.45. The molecule has 1 amide bonds. The molecule has 0 fully saturated rings. The minimum Gasteiger partial charge on any atom is -0.480 e. The first-order valence-corrected chi connectivity index (χ1v) is 6.84. The van der Waals surface area contributed by atoms with Crippen LogP contribution in [0, 0.1) is 12.8 Å². The Balaban J connectivity index is 2.11. The number of carboxylic acids is 1. The molecular formula is C15H19N3O3.